The van der Waals surface area contributed by atoms with Crippen LogP contribution >= 0.6 is 11.6 Å². The molecule has 0 spiro atoms. The van der Waals surface area contributed by atoms with Crippen LogP contribution in [0.5, 0.6) is 11.5 Å². The maximum atomic E-state index is 10.9. The van der Waals surface area contributed by atoms with Gasteiger partial charge in [0.1, 0.15) is 0 Å². The Balaban J connectivity index is 2.04. The quantitative estimate of drug-likeness (QED) is 0.604. The van der Waals surface area contributed by atoms with Crippen LogP contribution < -0.4 is 9.47 Å². The van der Waals surface area contributed by atoms with Crippen molar-refractivity contribution in [3.8, 4) is 11.5 Å². The van der Waals surface area contributed by atoms with Gasteiger partial charge in [0.2, 0.25) is 6.08 Å². The highest BCUT2D eigenvalue weighted by Gasteiger charge is 2.37. The fraction of sp³-hybridized carbons (Fsp3) is 0.588. The summed E-state index contributed by atoms with van der Waals surface area (Å²) in [5, 5.41) is 0.512. The Bertz CT molecular complexity index is 629. The molecule has 1 saturated carbocycles. The molecule has 0 saturated heterocycles. The lowest BCUT2D eigenvalue weighted by molar-refractivity contribution is 0.140. The predicted octanol–water partition coefficient (Wildman–Crippen LogP) is 4.24. The summed E-state index contributed by atoms with van der Waals surface area (Å²) in [5.74, 6) is 1.22. The molecule has 0 aromatic heterocycles. The van der Waals surface area contributed by atoms with E-state index in [1.807, 2.05) is 12.1 Å². The first kappa shape index (κ1) is 15.4. The average molecular weight is 322 g/mol. The third-order valence-corrected chi connectivity index (χ3v) is 4.74. The summed E-state index contributed by atoms with van der Waals surface area (Å²) in [6.45, 7) is 5.28. The average Bonchev–Trinajstić information content (AvgIpc) is 2.87. The van der Waals surface area contributed by atoms with Crippen molar-refractivity contribution in [2.75, 3.05) is 13.2 Å². The Morgan fingerprint density at radius 2 is 1.86 bits per heavy atom. The molecular formula is C17H20ClNO3. The van der Waals surface area contributed by atoms with Gasteiger partial charge >= 0.3 is 0 Å². The zero-order chi connectivity index (χ0) is 15.8. The highest BCUT2D eigenvalue weighted by molar-refractivity contribution is 6.32. The first-order chi connectivity index (χ1) is 10.5. The third kappa shape index (κ3) is 2.73. The van der Waals surface area contributed by atoms with Gasteiger partial charge in [-0.25, -0.2) is 4.79 Å². The number of nitrogens with zero attached hydrogens (tertiary/aromatic N) is 1. The molecule has 1 aliphatic heterocycles. The van der Waals surface area contributed by atoms with E-state index in [1.54, 1.807) is 6.08 Å². The molecule has 0 amide bonds. The zero-order valence-corrected chi connectivity index (χ0v) is 13.7. The molecule has 1 aromatic rings. The molecule has 0 radical (unpaired) electrons. The summed E-state index contributed by atoms with van der Waals surface area (Å²) in [6, 6.07) is 3.78. The number of carbonyl (C=O) groups excluding carboxylic acids is 1. The summed E-state index contributed by atoms with van der Waals surface area (Å²) >= 11 is 6.41. The van der Waals surface area contributed by atoms with Crippen LogP contribution in [0.15, 0.2) is 17.1 Å². The van der Waals surface area contributed by atoms with Gasteiger partial charge in [0.05, 0.1) is 23.8 Å². The van der Waals surface area contributed by atoms with Gasteiger partial charge in [0, 0.05) is 5.41 Å². The summed E-state index contributed by atoms with van der Waals surface area (Å²) in [6.07, 6.45) is 5.50. The number of aliphatic imine (C=N–C) groups is 1. The molecule has 1 aromatic carbocycles. The number of rotatable bonds is 2. The van der Waals surface area contributed by atoms with Crippen LogP contribution in [0.2, 0.25) is 5.02 Å². The number of hydrogen-bond acceptors (Lipinski definition) is 4. The fourth-order valence-corrected chi connectivity index (χ4v) is 3.44. The maximum Gasteiger partial charge on any atom is 0.235 e. The number of ether oxygens (including phenoxy) is 2. The Morgan fingerprint density at radius 3 is 2.55 bits per heavy atom. The minimum atomic E-state index is -0.508. The Hall–Kier alpha value is -1.51. The van der Waals surface area contributed by atoms with E-state index in [9.17, 15) is 4.79 Å². The molecule has 0 N–H and O–H groups in total. The maximum absolute atomic E-state index is 10.9. The van der Waals surface area contributed by atoms with E-state index in [-0.39, 0.29) is 5.41 Å². The number of fused-ring (bicyclic) bond motifs is 1. The van der Waals surface area contributed by atoms with E-state index in [2.05, 4.69) is 18.8 Å². The van der Waals surface area contributed by atoms with Gasteiger partial charge < -0.3 is 9.47 Å². The van der Waals surface area contributed by atoms with Crippen LogP contribution in [0, 0.1) is 5.41 Å². The van der Waals surface area contributed by atoms with Gasteiger partial charge in [-0.15, -0.1) is 0 Å². The Morgan fingerprint density at radius 1 is 1.18 bits per heavy atom. The van der Waals surface area contributed by atoms with Crippen LogP contribution in [0.3, 0.4) is 0 Å². The second-order valence-corrected chi connectivity index (χ2v) is 7.38. The van der Waals surface area contributed by atoms with Crippen molar-refractivity contribution in [2.45, 2.75) is 45.1 Å². The number of isocyanates is 1. The molecule has 118 valence electrons. The van der Waals surface area contributed by atoms with Gasteiger partial charge in [-0.05, 0) is 30.5 Å². The summed E-state index contributed by atoms with van der Waals surface area (Å²) in [5.41, 5.74) is 0.334. The summed E-state index contributed by atoms with van der Waals surface area (Å²) in [7, 11) is 0. The third-order valence-electron chi connectivity index (χ3n) is 4.46. The molecule has 2 aliphatic rings. The zero-order valence-electron chi connectivity index (χ0n) is 12.9. The molecule has 4 nitrogen and oxygen atoms in total. The monoisotopic (exact) mass is 321 g/mol. The molecule has 3 rings (SSSR count). The van der Waals surface area contributed by atoms with Crippen LogP contribution in [0.25, 0.3) is 0 Å². The van der Waals surface area contributed by atoms with Crippen molar-refractivity contribution in [2.24, 2.45) is 10.4 Å². The summed E-state index contributed by atoms with van der Waals surface area (Å²) < 4.78 is 11.8. The summed E-state index contributed by atoms with van der Waals surface area (Å²) in [4.78, 5) is 15.0. The van der Waals surface area contributed by atoms with Gasteiger partial charge in [0.25, 0.3) is 0 Å². The van der Waals surface area contributed by atoms with E-state index in [0.717, 1.165) is 31.2 Å². The molecule has 1 heterocycles. The van der Waals surface area contributed by atoms with Crippen molar-refractivity contribution in [3.63, 3.8) is 0 Å². The molecule has 0 atom stereocenters. The fourth-order valence-electron chi connectivity index (χ4n) is 3.18. The van der Waals surface area contributed by atoms with Crippen LogP contribution in [-0.2, 0) is 10.3 Å². The van der Waals surface area contributed by atoms with Crippen LogP contribution in [-0.4, -0.2) is 19.3 Å². The highest BCUT2D eigenvalue weighted by atomic mass is 35.5. The Kier molecular flexibility index (Phi) is 3.92. The second-order valence-electron chi connectivity index (χ2n) is 6.97. The van der Waals surface area contributed by atoms with E-state index in [0.29, 0.717) is 29.7 Å². The van der Waals surface area contributed by atoms with E-state index >= 15 is 0 Å². The molecule has 5 heteroatoms. The molecule has 22 heavy (non-hydrogen) atoms. The van der Waals surface area contributed by atoms with Crippen molar-refractivity contribution in [1.82, 2.24) is 0 Å². The molecular weight excluding hydrogens is 302 g/mol. The van der Waals surface area contributed by atoms with Crippen molar-refractivity contribution < 1.29 is 14.3 Å². The normalized spacial score (nSPS) is 21.8. The lowest BCUT2D eigenvalue weighted by atomic mass is 9.88. The molecule has 1 aliphatic carbocycles. The highest BCUT2D eigenvalue weighted by Crippen LogP contribution is 2.48. The number of halogens is 1. The van der Waals surface area contributed by atoms with E-state index < -0.39 is 5.54 Å². The molecule has 0 unspecified atom stereocenters. The van der Waals surface area contributed by atoms with Crippen molar-refractivity contribution in [1.29, 1.82) is 0 Å². The van der Waals surface area contributed by atoms with E-state index in [1.165, 1.54) is 0 Å². The first-order valence-corrected chi connectivity index (χ1v) is 8.02. The second kappa shape index (κ2) is 5.60. The van der Waals surface area contributed by atoms with Gasteiger partial charge in [-0.1, -0.05) is 38.3 Å². The van der Waals surface area contributed by atoms with Gasteiger partial charge in [-0.3, -0.25) is 0 Å². The smallest absolute Gasteiger partial charge is 0.235 e. The van der Waals surface area contributed by atoms with E-state index in [4.69, 9.17) is 21.1 Å². The number of benzene rings is 1. The standard InChI is InChI=1S/C17H20ClNO3/c1-16(2)9-21-14-8-12(7-13(18)15(14)22-10-16)17(19-11-20)5-3-4-6-17/h7-8H,3-6,9-10H2,1-2H3. The van der Waals surface area contributed by atoms with Crippen LogP contribution in [0.1, 0.15) is 45.1 Å². The first-order valence-electron chi connectivity index (χ1n) is 7.64. The SMILES string of the molecule is CC1(C)COc2cc(C3(N=C=O)CCCC3)cc(Cl)c2OC1. The lowest BCUT2D eigenvalue weighted by Gasteiger charge is -2.24. The van der Waals surface area contributed by atoms with Gasteiger partial charge in [-0.2, -0.15) is 4.99 Å². The largest absolute Gasteiger partial charge is 0.489 e. The minimum absolute atomic E-state index is 0.0749. The minimum Gasteiger partial charge on any atom is -0.489 e. The van der Waals surface area contributed by atoms with Gasteiger partial charge in [0.15, 0.2) is 11.5 Å². The molecule has 0 bridgehead atoms. The number of hydrogen-bond donors (Lipinski definition) is 0. The van der Waals surface area contributed by atoms with Crippen molar-refractivity contribution >= 4 is 17.7 Å². The predicted molar refractivity (Wildman–Crippen MR) is 84.5 cm³/mol. The topological polar surface area (TPSA) is 47.9 Å². The van der Waals surface area contributed by atoms with Crippen LogP contribution in [0.4, 0.5) is 0 Å². The van der Waals surface area contributed by atoms with Crippen molar-refractivity contribution in [3.05, 3.63) is 22.7 Å². The molecule has 1 fully saturated rings. The lowest BCUT2D eigenvalue weighted by Crippen LogP contribution is -2.26. The Labute approximate surface area is 135 Å².